The first-order valence-electron chi connectivity index (χ1n) is 7.09. The monoisotopic (exact) mass is 314 g/mol. The van der Waals surface area contributed by atoms with Crippen LogP contribution in [-0.2, 0) is 4.79 Å². The van der Waals surface area contributed by atoms with Crippen molar-refractivity contribution >= 4 is 34.6 Å². The Bertz CT molecular complexity index is 744. The molecule has 2 aliphatic heterocycles. The Morgan fingerprint density at radius 2 is 2.23 bits per heavy atom. The lowest BCUT2D eigenvalue weighted by molar-refractivity contribution is -0.116. The van der Waals surface area contributed by atoms with E-state index in [0.29, 0.717) is 19.5 Å². The summed E-state index contributed by atoms with van der Waals surface area (Å²) >= 11 is 1.53. The number of aromatic nitrogens is 1. The molecule has 3 heterocycles. The molecule has 0 saturated carbocycles. The first kappa shape index (κ1) is 13.3. The van der Waals surface area contributed by atoms with Crippen molar-refractivity contribution in [3.8, 4) is 0 Å². The highest BCUT2D eigenvalue weighted by atomic mass is 32.1. The number of hydrogen-bond donors (Lipinski definition) is 2. The summed E-state index contributed by atoms with van der Waals surface area (Å²) in [5.74, 6) is -0.0371. The number of thiazole rings is 1. The Morgan fingerprint density at radius 3 is 2.95 bits per heavy atom. The summed E-state index contributed by atoms with van der Waals surface area (Å²) in [6.07, 6.45) is 0.403. The number of anilines is 2. The highest BCUT2D eigenvalue weighted by molar-refractivity contribution is 7.07. The van der Waals surface area contributed by atoms with Crippen LogP contribution in [0.25, 0.3) is 0 Å². The maximum Gasteiger partial charge on any atom is 0.321 e. The molecular weight excluding hydrogens is 300 g/mol. The van der Waals surface area contributed by atoms with Gasteiger partial charge < -0.3 is 10.6 Å². The second-order valence-electron chi connectivity index (χ2n) is 5.37. The molecule has 6 nitrogen and oxygen atoms in total. The number of benzene rings is 1. The Morgan fingerprint density at radius 1 is 1.32 bits per heavy atom. The number of amides is 3. The average Bonchev–Trinajstić information content (AvgIpc) is 3.17. The van der Waals surface area contributed by atoms with Crippen LogP contribution in [0.2, 0.25) is 0 Å². The van der Waals surface area contributed by atoms with Gasteiger partial charge in [-0.2, -0.15) is 0 Å². The number of hydrogen-bond acceptors (Lipinski definition) is 4. The van der Waals surface area contributed by atoms with Crippen molar-refractivity contribution in [1.29, 1.82) is 0 Å². The van der Waals surface area contributed by atoms with Crippen LogP contribution in [0.15, 0.2) is 29.1 Å². The van der Waals surface area contributed by atoms with Gasteiger partial charge in [0.05, 0.1) is 11.2 Å². The number of rotatable bonds is 2. The second-order valence-corrected chi connectivity index (χ2v) is 6.09. The van der Waals surface area contributed by atoms with Crippen molar-refractivity contribution in [2.24, 2.45) is 0 Å². The molecule has 2 aromatic rings. The molecule has 0 spiro atoms. The first-order chi connectivity index (χ1) is 10.7. The molecule has 1 atom stereocenters. The van der Waals surface area contributed by atoms with E-state index in [0.717, 1.165) is 22.6 Å². The van der Waals surface area contributed by atoms with Crippen LogP contribution < -0.4 is 15.5 Å². The number of nitrogens with one attached hydrogen (secondary N) is 2. The summed E-state index contributed by atoms with van der Waals surface area (Å²) < 4.78 is 0. The zero-order chi connectivity index (χ0) is 15.1. The first-order valence-corrected chi connectivity index (χ1v) is 8.04. The van der Waals surface area contributed by atoms with Gasteiger partial charge >= 0.3 is 6.03 Å². The average molecular weight is 314 g/mol. The van der Waals surface area contributed by atoms with Gasteiger partial charge in [-0.3, -0.25) is 9.69 Å². The zero-order valence-corrected chi connectivity index (χ0v) is 12.5. The fourth-order valence-electron chi connectivity index (χ4n) is 3.00. The molecule has 1 aromatic carbocycles. The lowest BCUT2D eigenvalue weighted by Crippen LogP contribution is -2.28. The van der Waals surface area contributed by atoms with E-state index in [1.54, 1.807) is 10.4 Å². The summed E-state index contributed by atoms with van der Waals surface area (Å²) in [5.41, 5.74) is 5.32. The van der Waals surface area contributed by atoms with Gasteiger partial charge in [-0.05, 0) is 17.7 Å². The Kier molecular flexibility index (Phi) is 3.07. The van der Waals surface area contributed by atoms with Gasteiger partial charge in [0, 0.05) is 42.2 Å². The van der Waals surface area contributed by atoms with Crippen molar-refractivity contribution in [2.45, 2.75) is 12.3 Å². The van der Waals surface area contributed by atoms with Crippen LogP contribution in [0.3, 0.4) is 0 Å². The summed E-state index contributed by atoms with van der Waals surface area (Å²) in [6.45, 7) is 1.28. The molecular formula is C15H14N4O2S. The van der Waals surface area contributed by atoms with Crippen molar-refractivity contribution in [3.05, 3.63) is 40.3 Å². The Labute approximate surface area is 131 Å². The van der Waals surface area contributed by atoms with Crippen molar-refractivity contribution in [3.63, 3.8) is 0 Å². The molecule has 1 unspecified atom stereocenters. The highest BCUT2D eigenvalue weighted by Crippen LogP contribution is 2.38. The minimum Gasteiger partial charge on any atom is -0.336 e. The van der Waals surface area contributed by atoms with Gasteiger partial charge in [0.15, 0.2) is 0 Å². The minimum atomic E-state index is -0.0989. The van der Waals surface area contributed by atoms with E-state index in [1.807, 2.05) is 23.6 Å². The number of carbonyl (C=O) groups excluding carboxylic acids is 2. The third kappa shape index (κ3) is 2.14. The van der Waals surface area contributed by atoms with E-state index in [4.69, 9.17) is 0 Å². The maximum atomic E-state index is 12.0. The quantitative estimate of drug-likeness (QED) is 0.892. The molecule has 1 fully saturated rings. The van der Waals surface area contributed by atoms with Crippen molar-refractivity contribution < 1.29 is 9.59 Å². The molecule has 2 N–H and O–H groups in total. The lowest BCUT2D eigenvalue weighted by atomic mass is 9.88. The molecule has 7 heteroatoms. The van der Waals surface area contributed by atoms with Crippen LogP contribution in [0.5, 0.6) is 0 Å². The summed E-state index contributed by atoms with van der Waals surface area (Å²) in [6, 6.07) is 5.69. The van der Waals surface area contributed by atoms with Crippen LogP contribution in [0, 0.1) is 0 Å². The van der Waals surface area contributed by atoms with Gasteiger partial charge in [0.1, 0.15) is 0 Å². The lowest BCUT2D eigenvalue weighted by Gasteiger charge is -2.26. The van der Waals surface area contributed by atoms with Crippen LogP contribution in [0.1, 0.15) is 23.6 Å². The SMILES string of the molecule is O=C1CC(c2cscn2)c2ccc(N3CCNC3=O)cc2N1. The van der Waals surface area contributed by atoms with Crippen LogP contribution in [-0.4, -0.2) is 30.0 Å². The van der Waals surface area contributed by atoms with E-state index < -0.39 is 0 Å². The molecule has 22 heavy (non-hydrogen) atoms. The van der Waals surface area contributed by atoms with E-state index in [1.165, 1.54) is 11.3 Å². The van der Waals surface area contributed by atoms with Gasteiger partial charge in [0.25, 0.3) is 0 Å². The molecule has 3 amide bonds. The van der Waals surface area contributed by atoms with Crippen molar-refractivity contribution in [1.82, 2.24) is 10.3 Å². The third-order valence-corrected chi connectivity index (χ3v) is 4.66. The molecule has 4 rings (SSSR count). The minimum absolute atomic E-state index is 0.0172. The van der Waals surface area contributed by atoms with E-state index in [2.05, 4.69) is 15.6 Å². The summed E-state index contributed by atoms with van der Waals surface area (Å²) in [4.78, 5) is 29.8. The zero-order valence-electron chi connectivity index (χ0n) is 11.7. The molecule has 112 valence electrons. The van der Waals surface area contributed by atoms with E-state index >= 15 is 0 Å². The normalized spacial score (nSPS) is 20.5. The molecule has 1 aromatic heterocycles. The van der Waals surface area contributed by atoms with Gasteiger partial charge in [0.2, 0.25) is 5.91 Å². The summed E-state index contributed by atoms with van der Waals surface area (Å²) in [5, 5.41) is 7.67. The maximum absolute atomic E-state index is 12.0. The molecule has 2 aliphatic rings. The number of nitrogens with zero attached hydrogens (tertiary/aromatic N) is 2. The largest absolute Gasteiger partial charge is 0.336 e. The predicted molar refractivity (Wildman–Crippen MR) is 84.4 cm³/mol. The Hall–Kier alpha value is -2.41. The molecule has 0 aliphatic carbocycles. The van der Waals surface area contributed by atoms with Crippen LogP contribution in [0.4, 0.5) is 16.2 Å². The van der Waals surface area contributed by atoms with Gasteiger partial charge in [-0.1, -0.05) is 6.07 Å². The number of urea groups is 1. The van der Waals surface area contributed by atoms with E-state index in [9.17, 15) is 9.59 Å². The third-order valence-electron chi connectivity index (χ3n) is 4.05. The smallest absolute Gasteiger partial charge is 0.321 e. The van der Waals surface area contributed by atoms with E-state index in [-0.39, 0.29) is 17.9 Å². The Balaban J connectivity index is 1.74. The van der Waals surface area contributed by atoms with Crippen LogP contribution >= 0.6 is 11.3 Å². The molecule has 0 bridgehead atoms. The highest BCUT2D eigenvalue weighted by Gasteiger charge is 2.29. The number of carbonyl (C=O) groups is 2. The fourth-order valence-corrected chi connectivity index (χ4v) is 3.60. The molecule has 0 radical (unpaired) electrons. The van der Waals surface area contributed by atoms with Gasteiger partial charge in [-0.25, -0.2) is 9.78 Å². The topological polar surface area (TPSA) is 74.3 Å². The second kappa shape index (κ2) is 5.10. The molecule has 1 saturated heterocycles. The fraction of sp³-hybridized carbons (Fsp3) is 0.267. The summed E-state index contributed by atoms with van der Waals surface area (Å²) in [7, 11) is 0. The number of fused-ring (bicyclic) bond motifs is 1. The standard InChI is InChI=1S/C15H14N4O2S/c20-14-6-11(13-7-22-8-17-13)10-2-1-9(5-12(10)18-14)19-4-3-16-15(19)21/h1-2,5,7-8,11H,3-4,6H2,(H,16,21)(H,18,20). The van der Waals surface area contributed by atoms with Crippen molar-refractivity contribution in [2.75, 3.05) is 23.3 Å². The van der Waals surface area contributed by atoms with Gasteiger partial charge in [-0.15, -0.1) is 11.3 Å². The predicted octanol–water partition coefficient (Wildman–Crippen LogP) is 2.15.